The summed E-state index contributed by atoms with van der Waals surface area (Å²) in [6, 6.07) is 11.3. The Morgan fingerprint density at radius 2 is 2.18 bits per heavy atom. The first-order valence-electron chi connectivity index (χ1n) is 7.39. The number of rotatable bonds is 4. The third-order valence-electron chi connectivity index (χ3n) is 3.92. The molecule has 1 saturated heterocycles. The quantitative estimate of drug-likeness (QED) is 0.909. The zero-order valence-electron chi connectivity index (χ0n) is 12.5. The third-order valence-corrected chi connectivity index (χ3v) is 3.92. The topological polar surface area (TPSA) is 63.2 Å². The summed E-state index contributed by atoms with van der Waals surface area (Å²) in [4.78, 5) is 16.7. The molecule has 2 heterocycles. The van der Waals surface area contributed by atoms with Crippen molar-refractivity contribution in [2.75, 3.05) is 25.5 Å². The summed E-state index contributed by atoms with van der Waals surface area (Å²) < 4.78 is 5.18. The van der Waals surface area contributed by atoms with Crippen molar-refractivity contribution in [1.82, 2.24) is 10.3 Å². The molecule has 0 aliphatic carbocycles. The molecule has 1 aromatic heterocycles. The molecule has 1 amide bonds. The fourth-order valence-corrected chi connectivity index (χ4v) is 2.82. The SMILES string of the molecule is COc1ncccc1NC(=O)c1ccccc1[C@@H]1CCNC1. The van der Waals surface area contributed by atoms with Crippen LogP contribution in [0.15, 0.2) is 42.6 Å². The number of ether oxygens (including phenoxy) is 1. The van der Waals surface area contributed by atoms with Crippen LogP contribution in [0.25, 0.3) is 0 Å². The number of hydrogen-bond acceptors (Lipinski definition) is 4. The van der Waals surface area contributed by atoms with Crippen LogP contribution in [0, 0.1) is 0 Å². The number of carbonyl (C=O) groups excluding carboxylic acids is 1. The predicted molar refractivity (Wildman–Crippen MR) is 85.4 cm³/mol. The molecule has 114 valence electrons. The van der Waals surface area contributed by atoms with Crippen molar-refractivity contribution < 1.29 is 9.53 Å². The van der Waals surface area contributed by atoms with E-state index in [0.717, 1.165) is 25.1 Å². The second-order valence-electron chi connectivity index (χ2n) is 5.29. The Hall–Kier alpha value is -2.40. The van der Waals surface area contributed by atoms with Crippen LogP contribution in [-0.2, 0) is 0 Å². The fraction of sp³-hybridized carbons (Fsp3) is 0.294. The van der Waals surface area contributed by atoms with Gasteiger partial charge in [0, 0.05) is 18.3 Å². The number of hydrogen-bond donors (Lipinski definition) is 2. The van der Waals surface area contributed by atoms with Gasteiger partial charge in [-0.1, -0.05) is 18.2 Å². The molecule has 0 spiro atoms. The number of amides is 1. The monoisotopic (exact) mass is 297 g/mol. The average Bonchev–Trinajstić information content (AvgIpc) is 3.09. The average molecular weight is 297 g/mol. The van der Waals surface area contributed by atoms with Gasteiger partial charge in [-0.2, -0.15) is 0 Å². The zero-order valence-corrected chi connectivity index (χ0v) is 12.5. The van der Waals surface area contributed by atoms with E-state index in [-0.39, 0.29) is 5.91 Å². The van der Waals surface area contributed by atoms with Crippen molar-refractivity contribution in [2.24, 2.45) is 0 Å². The minimum Gasteiger partial charge on any atom is -0.480 e. The van der Waals surface area contributed by atoms with Gasteiger partial charge >= 0.3 is 0 Å². The molecule has 0 radical (unpaired) electrons. The molecule has 0 saturated carbocycles. The smallest absolute Gasteiger partial charge is 0.256 e. The van der Waals surface area contributed by atoms with Gasteiger partial charge in [-0.25, -0.2) is 4.98 Å². The molecule has 2 N–H and O–H groups in total. The molecule has 1 aliphatic heterocycles. The van der Waals surface area contributed by atoms with Crippen LogP contribution in [0.5, 0.6) is 5.88 Å². The van der Waals surface area contributed by atoms with Gasteiger partial charge < -0.3 is 15.4 Å². The van der Waals surface area contributed by atoms with E-state index in [1.54, 1.807) is 18.3 Å². The van der Waals surface area contributed by atoms with Gasteiger partial charge in [-0.15, -0.1) is 0 Å². The van der Waals surface area contributed by atoms with Crippen LogP contribution in [0.3, 0.4) is 0 Å². The number of anilines is 1. The van der Waals surface area contributed by atoms with Crippen LogP contribution in [0.4, 0.5) is 5.69 Å². The number of benzene rings is 1. The molecule has 2 aromatic rings. The summed E-state index contributed by atoms with van der Waals surface area (Å²) in [6.45, 7) is 1.91. The van der Waals surface area contributed by atoms with E-state index in [1.807, 2.05) is 24.3 Å². The molecule has 1 aromatic carbocycles. The number of pyridine rings is 1. The largest absolute Gasteiger partial charge is 0.480 e. The van der Waals surface area contributed by atoms with Crippen molar-refractivity contribution in [3.63, 3.8) is 0 Å². The normalized spacial score (nSPS) is 17.2. The minimum atomic E-state index is -0.131. The lowest BCUT2D eigenvalue weighted by molar-refractivity contribution is 0.102. The van der Waals surface area contributed by atoms with E-state index in [0.29, 0.717) is 23.0 Å². The maximum atomic E-state index is 12.6. The summed E-state index contributed by atoms with van der Waals surface area (Å²) in [6.07, 6.45) is 2.69. The molecule has 3 rings (SSSR count). The highest BCUT2D eigenvalue weighted by atomic mass is 16.5. The van der Waals surface area contributed by atoms with Gasteiger partial charge in [0.1, 0.15) is 5.69 Å². The Morgan fingerprint density at radius 3 is 2.95 bits per heavy atom. The molecule has 1 atom stereocenters. The van der Waals surface area contributed by atoms with Gasteiger partial charge in [0.15, 0.2) is 0 Å². The van der Waals surface area contributed by atoms with Crippen LogP contribution < -0.4 is 15.4 Å². The van der Waals surface area contributed by atoms with E-state index >= 15 is 0 Å². The molecule has 5 heteroatoms. The maximum Gasteiger partial charge on any atom is 0.256 e. The van der Waals surface area contributed by atoms with Gasteiger partial charge in [-0.05, 0) is 42.6 Å². The van der Waals surface area contributed by atoms with E-state index in [4.69, 9.17) is 4.74 Å². The van der Waals surface area contributed by atoms with Gasteiger partial charge in [0.25, 0.3) is 5.91 Å². The number of nitrogens with one attached hydrogen (secondary N) is 2. The van der Waals surface area contributed by atoms with Crippen LogP contribution >= 0.6 is 0 Å². The van der Waals surface area contributed by atoms with Crippen LogP contribution in [0.1, 0.15) is 28.3 Å². The van der Waals surface area contributed by atoms with Crippen molar-refractivity contribution in [1.29, 1.82) is 0 Å². The molecule has 1 aliphatic rings. The highest BCUT2D eigenvalue weighted by Gasteiger charge is 2.22. The molecular weight excluding hydrogens is 278 g/mol. The fourth-order valence-electron chi connectivity index (χ4n) is 2.82. The van der Waals surface area contributed by atoms with Crippen molar-refractivity contribution >= 4 is 11.6 Å². The summed E-state index contributed by atoms with van der Waals surface area (Å²) in [5.41, 5.74) is 2.38. The minimum absolute atomic E-state index is 0.131. The highest BCUT2D eigenvalue weighted by molar-refractivity contribution is 6.06. The zero-order chi connectivity index (χ0) is 15.4. The van der Waals surface area contributed by atoms with E-state index in [2.05, 4.69) is 15.6 Å². The lowest BCUT2D eigenvalue weighted by atomic mass is 9.93. The number of methoxy groups -OCH3 is 1. The molecule has 0 unspecified atom stereocenters. The van der Waals surface area contributed by atoms with Gasteiger partial charge in [-0.3, -0.25) is 4.79 Å². The molecule has 5 nitrogen and oxygen atoms in total. The predicted octanol–water partition coefficient (Wildman–Crippen LogP) is 2.42. The van der Waals surface area contributed by atoms with Gasteiger partial charge in [0.05, 0.1) is 7.11 Å². The molecular formula is C17H19N3O2. The Morgan fingerprint density at radius 1 is 1.32 bits per heavy atom. The molecule has 0 bridgehead atoms. The summed E-state index contributed by atoms with van der Waals surface area (Å²) in [7, 11) is 1.54. The first-order valence-corrected chi connectivity index (χ1v) is 7.39. The van der Waals surface area contributed by atoms with Crippen LogP contribution in [-0.4, -0.2) is 31.1 Å². The third kappa shape index (κ3) is 2.94. The van der Waals surface area contributed by atoms with Crippen LogP contribution in [0.2, 0.25) is 0 Å². The Kier molecular flexibility index (Phi) is 4.34. The first kappa shape index (κ1) is 14.5. The molecule has 1 fully saturated rings. The second kappa shape index (κ2) is 6.58. The summed E-state index contributed by atoms with van der Waals surface area (Å²) in [5, 5.41) is 6.24. The van der Waals surface area contributed by atoms with Crippen molar-refractivity contribution in [2.45, 2.75) is 12.3 Å². The van der Waals surface area contributed by atoms with E-state index in [9.17, 15) is 4.79 Å². The lowest BCUT2D eigenvalue weighted by Crippen LogP contribution is -2.17. The Balaban J connectivity index is 1.86. The number of nitrogens with zero attached hydrogens (tertiary/aromatic N) is 1. The van der Waals surface area contributed by atoms with Crippen molar-refractivity contribution in [3.05, 3.63) is 53.7 Å². The highest BCUT2D eigenvalue weighted by Crippen LogP contribution is 2.27. The molecule has 22 heavy (non-hydrogen) atoms. The summed E-state index contributed by atoms with van der Waals surface area (Å²) in [5.74, 6) is 0.669. The lowest BCUT2D eigenvalue weighted by Gasteiger charge is -2.15. The first-order chi connectivity index (χ1) is 10.8. The van der Waals surface area contributed by atoms with E-state index in [1.165, 1.54) is 7.11 Å². The van der Waals surface area contributed by atoms with E-state index < -0.39 is 0 Å². The number of aromatic nitrogens is 1. The maximum absolute atomic E-state index is 12.6. The second-order valence-corrected chi connectivity index (χ2v) is 5.29. The number of carbonyl (C=O) groups is 1. The summed E-state index contributed by atoms with van der Waals surface area (Å²) >= 11 is 0. The standard InChI is InChI=1S/C17H19N3O2/c1-22-17-15(7-4-9-19-17)20-16(21)14-6-3-2-5-13(14)12-8-10-18-11-12/h2-7,9,12,18H,8,10-11H2,1H3,(H,20,21)/t12-/m1/s1. The Labute approximate surface area is 129 Å². The Bertz CT molecular complexity index is 666. The van der Waals surface area contributed by atoms with Gasteiger partial charge in [0.2, 0.25) is 5.88 Å². The van der Waals surface area contributed by atoms with Crippen molar-refractivity contribution in [3.8, 4) is 5.88 Å².